The normalized spacial score (nSPS) is 12.1. The van der Waals surface area contributed by atoms with Crippen molar-refractivity contribution < 1.29 is 4.74 Å². The topological polar surface area (TPSA) is 9.23 Å². The number of allylic oxidation sites excluding steroid dienone is 1. The second-order valence-electron chi connectivity index (χ2n) is 1.73. The molecule has 0 heterocycles. The van der Waals surface area contributed by atoms with E-state index in [1.165, 1.54) is 5.57 Å². The van der Waals surface area contributed by atoms with E-state index in [0.717, 1.165) is 13.0 Å². The van der Waals surface area contributed by atoms with Crippen molar-refractivity contribution in [1.29, 1.82) is 0 Å². The molecule has 0 N–H and O–H groups in total. The summed E-state index contributed by atoms with van der Waals surface area (Å²) in [6.45, 7) is 4.96. The predicted octanol–water partition coefficient (Wildman–Crippen LogP) is 1.99. The minimum atomic E-state index is 0.785. The van der Waals surface area contributed by atoms with E-state index in [4.69, 9.17) is 4.74 Å². The van der Waals surface area contributed by atoms with Gasteiger partial charge in [0, 0.05) is 7.11 Å². The molecule has 0 bridgehead atoms. The molecule has 0 rings (SSSR count). The maximum Gasteiger partial charge on any atom is 0.0672 e. The highest BCUT2D eigenvalue weighted by Crippen LogP contribution is 1.98. The van der Waals surface area contributed by atoms with Gasteiger partial charge in [-0.1, -0.05) is 13.0 Å². The van der Waals surface area contributed by atoms with Crippen LogP contribution in [0.1, 0.15) is 20.3 Å². The predicted molar refractivity (Wildman–Crippen MR) is 35.9 cm³/mol. The second kappa shape index (κ2) is 4.85. The van der Waals surface area contributed by atoms with Crippen molar-refractivity contribution >= 4 is 0 Å². The first-order valence-electron chi connectivity index (χ1n) is 2.98. The van der Waals surface area contributed by atoms with E-state index in [1.54, 1.807) is 7.11 Å². The molecule has 0 aromatic heterocycles. The van der Waals surface area contributed by atoms with Gasteiger partial charge in [0.1, 0.15) is 0 Å². The lowest BCUT2D eigenvalue weighted by atomic mass is 10.2. The molecule has 0 spiro atoms. The summed E-state index contributed by atoms with van der Waals surface area (Å²) in [6.07, 6.45) is 3.20. The largest absolute Gasteiger partial charge is 0.380 e. The van der Waals surface area contributed by atoms with Crippen LogP contribution in [0.3, 0.4) is 0 Å². The van der Waals surface area contributed by atoms with Gasteiger partial charge in [-0.05, 0) is 18.9 Å². The first kappa shape index (κ1) is 7.70. The standard InChI is InChI=1S/C7H14O/c1-4-7(5-2)6-8-3/h4H,5-6H2,1-3H3/b7-4+. The lowest BCUT2D eigenvalue weighted by Crippen LogP contribution is -1.91. The van der Waals surface area contributed by atoms with Gasteiger partial charge in [-0.15, -0.1) is 0 Å². The van der Waals surface area contributed by atoms with Gasteiger partial charge in [0.25, 0.3) is 0 Å². The summed E-state index contributed by atoms with van der Waals surface area (Å²) in [5.74, 6) is 0. The van der Waals surface area contributed by atoms with Crippen molar-refractivity contribution in [2.45, 2.75) is 20.3 Å². The number of hydrogen-bond donors (Lipinski definition) is 0. The summed E-state index contributed by atoms with van der Waals surface area (Å²) in [7, 11) is 1.72. The quantitative estimate of drug-likeness (QED) is 0.510. The highest BCUT2D eigenvalue weighted by Gasteiger charge is 1.86. The van der Waals surface area contributed by atoms with Gasteiger partial charge in [-0.25, -0.2) is 0 Å². The number of rotatable bonds is 3. The van der Waals surface area contributed by atoms with Crippen molar-refractivity contribution in [3.05, 3.63) is 11.6 Å². The van der Waals surface area contributed by atoms with Crippen molar-refractivity contribution in [2.75, 3.05) is 13.7 Å². The van der Waals surface area contributed by atoms with Crippen LogP contribution in [0.15, 0.2) is 11.6 Å². The molecule has 1 nitrogen and oxygen atoms in total. The van der Waals surface area contributed by atoms with Gasteiger partial charge in [0.2, 0.25) is 0 Å². The monoisotopic (exact) mass is 114 g/mol. The Hall–Kier alpha value is -0.300. The third kappa shape index (κ3) is 2.80. The molecule has 0 aromatic rings. The summed E-state index contributed by atoms with van der Waals surface area (Å²) in [4.78, 5) is 0. The van der Waals surface area contributed by atoms with Crippen LogP contribution in [0, 0.1) is 0 Å². The van der Waals surface area contributed by atoms with E-state index in [9.17, 15) is 0 Å². The average Bonchev–Trinajstić information content (AvgIpc) is 1.83. The molecule has 0 atom stereocenters. The Bertz CT molecular complexity index is 74.5. The maximum absolute atomic E-state index is 4.92. The summed E-state index contributed by atoms with van der Waals surface area (Å²) < 4.78 is 4.92. The van der Waals surface area contributed by atoms with Crippen LogP contribution in [0.5, 0.6) is 0 Å². The summed E-state index contributed by atoms with van der Waals surface area (Å²) in [5.41, 5.74) is 1.37. The molecule has 0 fully saturated rings. The van der Waals surface area contributed by atoms with E-state index < -0.39 is 0 Å². The lowest BCUT2D eigenvalue weighted by Gasteiger charge is -1.98. The highest BCUT2D eigenvalue weighted by molar-refractivity contribution is 4.98. The molecule has 0 radical (unpaired) electrons. The van der Waals surface area contributed by atoms with Gasteiger partial charge in [0.15, 0.2) is 0 Å². The Morgan fingerprint density at radius 2 is 2.25 bits per heavy atom. The molecular formula is C7H14O. The minimum absolute atomic E-state index is 0.785. The fraction of sp³-hybridized carbons (Fsp3) is 0.714. The Balaban J connectivity index is 3.38. The number of methoxy groups -OCH3 is 1. The van der Waals surface area contributed by atoms with E-state index in [2.05, 4.69) is 13.0 Å². The summed E-state index contributed by atoms with van der Waals surface area (Å²) in [5, 5.41) is 0. The number of ether oxygens (including phenoxy) is 1. The van der Waals surface area contributed by atoms with Crippen molar-refractivity contribution in [2.24, 2.45) is 0 Å². The van der Waals surface area contributed by atoms with Crippen LogP contribution >= 0.6 is 0 Å². The van der Waals surface area contributed by atoms with Crippen LogP contribution < -0.4 is 0 Å². The second-order valence-corrected chi connectivity index (χ2v) is 1.73. The van der Waals surface area contributed by atoms with Crippen molar-refractivity contribution in [3.63, 3.8) is 0 Å². The third-order valence-corrected chi connectivity index (χ3v) is 1.19. The third-order valence-electron chi connectivity index (χ3n) is 1.19. The zero-order chi connectivity index (χ0) is 6.41. The van der Waals surface area contributed by atoms with E-state index in [1.807, 2.05) is 6.92 Å². The molecule has 48 valence electrons. The minimum Gasteiger partial charge on any atom is -0.380 e. The van der Waals surface area contributed by atoms with Crippen molar-refractivity contribution in [3.8, 4) is 0 Å². The molecule has 0 aliphatic heterocycles. The van der Waals surface area contributed by atoms with E-state index in [0.29, 0.717) is 0 Å². The van der Waals surface area contributed by atoms with Crippen LogP contribution in [-0.4, -0.2) is 13.7 Å². The number of hydrogen-bond acceptors (Lipinski definition) is 1. The molecule has 1 heteroatoms. The molecule has 0 aliphatic carbocycles. The fourth-order valence-electron chi connectivity index (χ4n) is 0.575. The van der Waals surface area contributed by atoms with Crippen LogP contribution in [0.25, 0.3) is 0 Å². The molecule has 0 unspecified atom stereocenters. The zero-order valence-corrected chi connectivity index (χ0v) is 5.90. The van der Waals surface area contributed by atoms with Gasteiger partial charge in [-0.3, -0.25) is 0 Å². The molecular weight excluding hydrogens is 100 g/mol. The molecule has 0 aliphatic rings. The first-order chi connectivity index (χ1) is 3.85. The van der Waals surface area contributed by atoms with Crippen LogP contribution in [0.4, 0.5) is 0 Å². The smallest absolute Gasteiger partial charge is 0.0672 e. The lowest BCUT2D eigenvalue weighted by molar-refractivity contribution is 0.223. The van der Waals surface area contributed by atoms with E-state index >= 15 is 0 Å². The average molecular weight is 114 g/mol. The van der Waals surface area contributed by atoms with Gasteiger partial charge >= 0.3 is 0 Å². The van der Waals surface area contributed by atoms with Crippen molar-refractivity contribution in [1.82, 2.24) is 0 Å². The van der Waals surface area contributed by atoms with Gasteiger partial charge in [0.05, 0.1) is 6.61 Å². The van der Waals surface area contributed by atoms with E-state index in [-0.39, 0.29) is 0 Å². The summed E-state index contributed by atoms with van der Waals surface area (Å²) in [6, 6.07) is 0. The Morgan fingerprint density at radius 3 is 2.38 bits per heavy atom. The Morgan fingerprint density at radius 1 is 1.62 bits per heavy atom. The molecule has 0 saturated heterocycles. The van der Waals surface area contributed by atoms with Gasteiger partial charge < -0.3 is 4.74 Å². The molecule has 0 aromatic carbocycles. The van der Waals surface area contributed by atoms with Crippen LogP contribution in [0.2, 0.25) is 0 Å². The first-order valence-corrected chi connectivity index (χ1v) is 2.98. The van der Waals surface area contributed by atoms with Gasteiger partial charge in [-0.2, -0.15) is 0 Å². The fourth-order valence-corrected chi connectivity index (χ4v) is 0.575. The maximum atomic E-state index is 4.92. The Kier molecular flexibility index (Phi) is 4.67. The Labute approximate surface area is 51.4 Å². The molecule has 8 heavy (non-hydrogen) atoms. The molecule has 0 amide bonds. The SMILES string of the molecule is C/C=C(\CC)COC. The highest BCUT2D eigenvalue weighted by atomic mass is 16.5. The van der Waals surface area contributed by atoms with Crippen LogP contribution in [-0.2, 0) is 4.74 Å². The zero-order valence-electron chi connectivity index (χ0n) is 5.90. The summed E-state index contributed by atoms with van der Waals surface area (Å²) >= 11 is 0. The molecule has 0 saturated carbocycles.